The summed E-state index contributed by atoms with van der Waals surface area (Å²) in [5.74, 6) is 2.58. The van der Waals surface area contributed by atoms with Gasteiger partial charge in [-0.05, 0) is 44.4 Å². The number of aliphatic imine (C=N–C) groups is 1. The number of guanidine groups is 1. The Labute approximate surface area is 175 Å². The van der Waals surface area contributed by atoms with Gasteiger partial charge in [-0.3, -0.25) is 9.89 Å². The molecule has 1 aliphatic carbocycles. The number of nitrogens with zero attached hydrogens (tertiary/aromatic N) is 2. The summed E-state index contributed by atoms with van der Waals surface area (Å²) in [6, 6.07) is 0.335. The molecule has 1 saturated carbocycles. The lowest BCUT2D eigenvalue weighted by Crippen LogP contribution is -2.49. The molecular formula is C19H37F2IN4. The van der Waals surface area contributed by atoms with Crippen molar-refractivity contribution >= 4 is 29.9 Å². The summed E-state index contributed by atoms with van der Waals surface area (Å²) >= 11 is 0. The van der Waals surface area contributed by atoms with Crippen molar-refractivity contribution in [2.45, 2.75) is 71.3 Å². The third kappa shape index (κ3) is 9.15. The molecule has 1 heterocycles. The van der Waals surface area contributed by atoms with Crippen LogP contribution >= 0.6 is 24.0 Å². The molecule has 26 heavy (non-hydrogen) atoms. The maximum absolute atomic E-state index is 12.5. The molecular weight excluding hydrogens is 449 g/mol. The Morgan fingerprint density at radius 1 is 1.19 bits per heavy atom. The van der Waals surface area contributed by atoms with Crippen LogP contribution in [-0.2, 0) is 0 Å². The van der Waals surface area contributed by atoms with E-state index in [-0.39, 0.29) is 30.5 Å². The van der Waals surface area contributed by atoms with Gasteiger partial charge in [0.2, 0.25) is 0 Å². The van der Waals surface area contributed by atoms with Crippen molar-refractivity contribution in [2.24, 2.45) is 16.8 Å². The lowest BCUT2D eigenvalue weighted by Gasteiger charge is -2.32. The van der Waals surface area contributed by atoms with E-state index < -0.39 is 6.43 Å². The summed E-state index contributed by atoms with van der Waals surface area (Å²) in [6.45, 7) is 7.53. The molecule has 0 amide bonds. The summed E-state index contributed by atoms with van der Waals surface area (Å²) in [6.07, 6.45) is 6.20. The van der Waals surface area contributed by atoms with Gasteiger partial charge in [0.1, 0.15) is 0 Å². The number of nitrogens with one attached hydrogen (secondary N) is 2. The monoisotopic (exact) mass is 486 g/mol. The Morgan fingerprint density at radius 3 is 2.54 bits per heavy atom. The minimum absolute atomic E-state index is 0. The summed E-state index contributed by atoms with van der Waals surface area (Å²) in [7, 11) is 0. The van der Waals surface area contributed by atoms with Gasteiger partial charge in [0.25, 0.3) is 6.43 Å². The van der Waals surface area contributed by atoms with E-state index in [1.807, 2.05) is 4.90 Å². The molecule has 0 bridgehead atoms. The maximum atomic E-state index is 12.5. The molecule has 0 aromatic rings. The van der Waals surface area contributed by atoms with E-state index >= 15 is 0 Å². The fourth-order valence-electron chi connectivity index (χ4n) is 4.15. The number of halogens is 3. The minimum atomic E-state index is -2.23. The largest absolute Gasteiger partial charge is 0.357 e. The lowest BCUT2D eigenvalue weighted by atomic mass is 9.81. The van der Waals surface area contributed by atoms with Crippen molar-refractivity contribution in [1.82, 2.24) is 15.5 Å². The quantitative estimate of drug-likeness (QED) is 0.324. The number of hydrogen-bond acceptors (Lipinski definition) is 2. The molecule has 2 N–H and O–H groups in total. The molecule has 0 aromatic carbocycles. The molecule has 0 spiro atoms. The highest BCUT2D eigenvalue weighted by atomic mass is 127. The Balaban J connectivity index is 0.00000338. The summed E-state index contributed by atoms with van der Waals surface area (Å²) in [5, 5.41) is 6.83. The van der Waals surface area contributed by atoms with E-state index in [0.717, 1.165) is 56.8 Å². The second kappa shape index (κ2) is 13.1. The van der Waals surface area contributed by atoms with E-state index in [0.29, 0.717) is 6.04 Å². The number of alkyl halides is 2. The maximum Gasteiger partial charge on any atom is 0.251 e. The summed E-state index contributed by atoms with van der Waals surface area (Å²) < 4.78 is 24.9. The van der Waals surface area contributed by atoms with Crippen LogP contribution in [0, 0.1) is 11.8 Å². The second-order valence-corrected chi connectivity index (χ2v) is 7.80. The first-order chi connectivity index (χ1) is 12.1. The van der Waals surface area contributed by atoms with Crippen molar-refractivity contribution in [1.29, 1.82) is 0 Å². The van der Waals surface area contributed by atoms with E-state index in [1.165, 1.54) is 32.1 Å². The van der Waals surface area contributed by atoms with Crippen molar-refractivity contribution in [3.05, 3.63) is 0 Å². The van der Waals surface area contributed by atoms with Gasteiger partial charge in [0, 0.05) is 32.2 Å². The van der Waals surface area contributed by atoms with E-state index in [9.17, 15) is 8.78 Å². The van der Waals surface area contributed by atoms with Crippen LogP contribution in [0.1, 0.15) is 58.8 Å². The number of piperidine rings is 1. The smallest absolute Gasteiger partial charge is 0.251 e. The van der Waals surface area contributed by atoms with Gasteiger partial charge in [0.05, 0.1) is 6.54 Å². The molecule has 0 radical (unpaired) electrons. The normalized spacial score (nSPS) is 25.8. The van der Waals surface area contributed by atoms with Crippen molar-refractivity contribution < 1.29 is 8.78 Å². The third-order valence-corrected chi connectivity index (χ3v) is 5.52. The van der Waals surface area contributed by atoms with E-state index in [1.54, 1.807) is 0 Å². The van der Waals surface area contributed by atoms with Crippen LogP contribution in [0.5, 0.6) is 0 Å². The molecule has 2 rings (SSSR count). The lowest BCUT2D eigenvalue weighted by molar-refractivity contribution is 0.0744. The minimum Gasteiger partial charge on any atom is -0.357 e. The predicted octanol–water partition coefficient (Wildman–Crippen LogP) is 4.11. The van der Waals surface area contributed by atoms with Crippen LogP contribution in [0.2, 0.25) is 0 Å². The van der Waals surface area contributed by atoms with Crippen molar-refractivity contribution in [2.75, 3.05) is 32.7 Å². The predicted molar refractivity (Wildman–Crippen MR) is 116 cm³/mol. The molecule has 2 atom stereocenters. The average molecular weight is 486 g/mol. The second-order valence-electron chi connectivity index (χ2n) is 7.80. The van der Waals surface area contributed by atoms with Crippen LogP contribution in [0.3, 0.4) is 0 Å². The Morgan fingerprint density at radius 2 is 1.92 bits per heavy atom. The molecule has 2 fully saturated rings. The van der Waals surface area contributed by atoms with Gasteiger partial charge in [-0.25, -0.2) is 8.78 Å². The fraction of sp³-hybridized carbons (Fsp3) is 0.947. The standard InChI is InChI=1S/C19H36F2N4.HI/c1-3-22-19(23-10-7-16-6-4-5-15(2)13-16)24-17-8-11-25(12-9-17)14-18(20)21;/h15-18H,3-14H2,1-2H3,(H2,22,23,24);1H. The average Bonchev–Trinajstić information content (AvgIpc) is 2.56. The van der Waals surface area contributed by atoms with Crippen LogP contribution in [0.15, 0.2) is 4.99 Å². The van der Waals surface area contributed by atoms with Gasteiger partial charge in [-0.2, -0.15) is 0 Å². The van der Waals surface area contributed by atoms with Gasteiger partial charge < -0.3 is 10.6 Å². The van der Waals surface area contributed by atoms with Crippen LogP contribution < -0.4 is 10.6 Å². The van der Waals surface area contributed by atoms with Crippen molar-refractivity contribution in [3.8, 4) is 0 Å². The van der Waals surface area contributed by atoms with Gasteiger partial charge >= 0.3 is 0 Å². The number of rotatable bonds is 7. The summed E-state index contributed by atoms with van der Waals surface area (Å²) in [4.78, 5) is 6.61. The van der Waals surface area contributed by atoms with Crippen molar-refractivity contribution in [3.63, 3.8) is 0 Å². The topological polar surface area (TPSA) is 39.7 Å². The molecule has 2 aliphatic rings. The Hall–Kier alpha value is -0.180. The highest BCUT2D eigenvalue weighted by molar-refractivity contribution is 14.0. The Bertz CT molecular complexity index is 401. The van der Waals surface area contributed by atoms with Gasteiger partial charge in [0.15, 0.2) is 5.96 Å². The highest BCUT2D eigenvalue weighted by Gasteiger charge is 2.22. The molecule has 1 aliphatic heterocycles. The molecule has 0 aromatic heterocycles. The highest BCUT2D eigenvalue weighted by Crippen LogP contribution is 2.30. The molecule has 1 saturated heterocycles. The van der Waals surface area contributed by atoms with Crippen LogP contribution in [0.4, 0.5) is 8.78 Å². The zero-order chi connectivity index (χ0) is 18.1. The fourth-order valence-corrected chi connectivity index (χ4v) is 4.15. The molecule has 154 valence electrons. The van der Waals surface area contributed by atoms with E-state index in [2.05, 4.69) is 24.5 Å². The number of likely N-dealkylation sites (tertiary alicyclic amines) is 1. The number of hydrogen-bond donors (Lipinski definition) is 2. The van der Waals surface area contributed by atoms with E-state index in [4.69, 9.17) is 4.99 Å². The molecule has 7 heteroatoms. The molecule has 4 nitrogen and oxygen atoms in total. The Kier molecular flexibility index (Phi) is 12.0. The molecule has 2 unspecified atom stereocenters. The third-order valence-electron chi connectivity index (χ3n) is 5.52. The zero-order valence-electron chi connectivity index (χ0n) is 16.4. The first kappa shape index (κ1) is 23.9. The zero-order valence-corrected chi connectivity index (χ0v) is 18.7. The van der Waals surface area contributed by atoms with Crippen LogP contribution in [0.25, 0.3) is 0 Å². The first-order valence-corrected chi connectivity index (χ1v) is 10.1. The van der Waals surface area contributed by atoms with Gasteiger partial charge in [-0.1, -0.05) is 26.2 Å². The SMILES string of the molecule is CCNC(=NCCC1CCCC(C)C1)NC1CCN(CC(F)F)CC1.I. The summed E-state index contributed by atoms with van der Waals surface area (Å²) in [5.41, 5.74) is 0. The first-order valence-electron chi connectivity index (χ1n) is 10.1. The van der Waals surface area contributed by atoms with Gasteiger partial charge in [-0.15, -0.1) is 24.0 Å². The van der Waals surface area contributed by atoms with Crippen LogP contribution in [-0.4, -0.2) is 56.1 Å².